The van der Waals surface area contributed by atoms with E-state index in [0.717, 1.165) is 5.69 Å². The highest BCUT2D eigenvalue weighted by atomic mass is 35.5. The van der Waals surface area contributed by atoms with E-state index >= 15 is 0 Å². The molecule has 3 N–H and O–H groups in total. The van der Waals surface area contributed by atoms with Crippen molar-refractivity contribution in [3.63, 3.8) is 0 Å². The fourth-order valence-corrected chi connectivity index (χ4v) is 4.77. The Morgan fingerprint density at radius 1 is 1.03 bits per heavy atom. The molecule has 0 aliphatic carbocycles. The third-order valence-electron chi connectivity index (χ3n) is 5.88. The number of fused-ring (bicyclic) bond motifs is 2. The Bertz CT molecular complexity index is 1660. The van der Waals surface area contributed by atoms with Crippen LogP contribution in [0.1, 0.15) is 25.6 Å². The van der Waals surface area contributed by atoms with Crippen molar-refractivity contribution in [1.29, 1.82) is 0 Å². The van der Waals surface area contributed by atoms with E-state index in [9.17, 15) is 9.59 Å². The Labute approximate surface area is 205 Å². The summed E-state index contributed by atoms with van der Waals surface area (Å²) in [6.07, 6.45) is 2.92. The van der Waals surface area contributed by atoms with E-state index in [0.29, 0.717) is 50.6 Å². The highest BCUT2D eigenvalue weighted by Gasteiger charge is 2.24. The molecule has 0 unspecified atom stereocenters. The molecule has 0 bridgehead atoms. The second-order valence-corrected chi connectivity index (χ2v) is 8.47. The molecule has 1 atom stereocenters. The number of nitrogens with zero attached hydrogens (tertiary/aromatic N) is 3. The molecule has 8 nitrogen and oxygen atoms in total. The minimum Gasteiger partial charge on any atom is -0.385 e. The zero-order valence-corrected chi connectivity index (χ0v) is 19.9. The van der Waals surface area contributed by atoms with E-state index in [1.807, 2.05) is 62.4 Å². The second-order valence-electron chi connectivity index (χ2n) is 8.09. The molecule has 0 fully saturated rings. The number of rotatable bonds is 6. The first-order valence-electron chi connectivity index (χ1n) is 11.3. The summed E-state index contributed by atoms with van der Waals surface area (Å²) in [5.41, 5.74) is 1.98. The van der Waals surface area contributed by atoms with Gasteiger partial charge in [-0.25, -0.2) is 9.97 Å². The van der Waals surface area contributed by atoms with Gasteiger partial charge in [0.25, 0.3) is 5.56 Å². The predicted molar refractivity (Wildman–Crippen MR) is 141 cm³/mol. The number of aromatic amines is 1. The second kappa shape index (κ2) is 9.23. The van der Waals surface area contributed by atoms with Crippen LogP contribution in [0.5, 0.6) is 0 Å². The molecule has 176 valence electrons. The van der Waals surface area contributed by atoms with Crippen molar-refractivity contribution < 1.29 is 0 Å². The van der Waals surface area contributed by atoms with Crippen LogP contribution >= 0.6 is 11.6 Å². The van der Waals surface area contributed by atoms with E-state index in [1.165, 1.54) is 12.4 Å². The van der Waals surface area contributed by atoms with E-state index in [2.05, 4.69) is 25.6 Å². The highest BCUT2D eigenvalue weighted by Crippen LogP contribution is 2.35. The van der Waals surface area contributed by atoms with Gasteiger partial charge in [0.2, 0.25) is 0 Å². The van der Waals surface area contributed by atoms with E-state index in [1.54, 1.807) is 10.8 Å². The average molecular weight is 487 g/mol. The van der Waals surface area contributed by atoms with E-state index < -0.39 is 6.04 Å². The molecular formula is C26H23ClN6O2. The van der Waals surface area contributed by atoms with Gasteiger partial charge in [-0.2, -0.15) is 0 Å². The maximum atomic E-state index is 14.0. The van der Waals surface area contributed by atoms with Gasteiger partial charge >= 0.3 is 0 Å². The van der Waals surface area contributed by atoms with Crippen LogP contribution in [0.3, 0.4) is 0 Å². The summed E-state index contributed by atoms with van der Waals surface area (Å²) in [7, 11) is 0. The van der Waals surface area contributed by atoms with Crippen molar-refractivity contribution >= 4 is 44.9 Å². The molecule has 35 heavy (non-hydrogen) atoms. The molecule has 0 aliphatic heterocycles. The number of aromatic nitrogens is 4. The number of para-hydroxylation sites is 1. The Kier molecular flexibility index (Phi) is 5.96. The lowest BCUT2D eigenvalue weighted by Gasteiger charge is -2.24. The molecule has 2 aromatic carbocycles. The van der Waals surface area contributed by atoms with Crippen molar-refractivity contribution in [2.75, 3.05) is 17.2 Å². The molecule has 5 aromatic rings. The van der Waals surface area contributed by atoms with Crippen LogP contribution < -0.4 is 21.6 Å². The highest BCUT2D eigenvalue weighted by molar-refractivity contribution is 6.36. The number of benzene rings is 2. The zero-order valence-electron chi connectivity index (χ0n) is 19.2. The lowest BCUT2D eigenvalue weighted by molar-refractivity contribution is 0.774. The number of hydrogen-bond acceptors (Lipinski definition) is 6. The lowest BCUT2D eigenvalue weighted by Crippen LogP contribution is -2.27. The summed E-state index contributed by atoms with van der Waals surface area (Å²) in [6.45, 7) is 4.52. The molecule has 0 spiro atoms. The van der Waals surface area contributed by atoms with Crippen molar-refractivity contribution in [2.45, 2.75) is 19.9 Å². The standard InChI is InChI=1S/C26H23ClN6O2/c1-3-28-18-11-7-10-17-20(18)26(35)33(16-8-5-4-6-9-16)23(22(17)27)15(2)32-25-21-19(34)12-13-29-24(21)30-14-31-25/h4-15,28H,3H2,1-2H3,(H2,29,30,31,32,34)/t15-/m0/s1. The largest absolute Gasteiger partial charge is 0.385 e. The van der Waals surface area contributed by atoms with Crippen LogP contribution in [-0.4, -0.2) is 26.1 Å². The minimum absolute atomic E-state index is 0.193. The maximum absolute atomic E-state index is 14.0. The molecule has 9 heteroatoms. The maximum Gasteiger partial charge on any atom is 0.265 e. The summed E-state index contributed by atoms with van der Waals surface area (Å²) in [4.78, 5) is 38.0. The summed E-state index contributed by atoms with van der Waals surface area (Å²) in [5.74, 6) is 0.356. The van der Waals surface area contributed by atoms with Gasteiger partial charge in [0.05, 0.1) is 22.1 Å². The van der Waals surface area contributed by atoms with Crippen molar-refractivity contribution in [3.05, 3.63) is 98.4 Å². The monoisotopic (exact) mass is 486 g/mol. The van der Waals surface area contributed by atoms with Crippen LogP contribution in [0.2, 0.25) is 5.02 Å². The van der Waals surface area contributed by atoms with E-state index in [-0.39, 0.29) is 11.0 Å². The van der Waals surface area contributed by atoms with Crippen molar-refractivity contribution in [3.8, 4) is 5.69 Å². The van der Waals surface area contributed by atoms with Gasteiger partial charge in [-0.3, -0.25) is 14.2 Å². The average Bonchev–Trinajstić information content (AvgIpc) is 2.87. The lowest BCUT2D eigenvalue weighted by atomic mass is 10.1. The van der Waals surface area contributed by atoms with Crippen LogP contribution in [0.15, 0.2) is 76.7 Å². The van der Waals surface area contributed by atoms with Gasteiger partial charge in [0.1, 0.15) is 23.2 Å². The van der Waals surface area contributed by atoms with Gasteiger partial charge in [-0.1, -0.05) is 41.9 Å². The molecule has 0 saturated carbocycles. The molecule has 3 aromatic heterocycles. The normalized spacial score (nSPS) is 12.1. The molecule has 5 rings (SSSR count). The number of halogens is 1. The van der Waals surface area contributed by atoms with Crippen LogP contribution in [0.25, 0.3) is 27.5 Å². The Morgan fingerprint density at radius 2 is 1.83 bits per heavy atom. The zero-order chi connectivity index (χ0) is 24.5. The number of nitrogens with one attached hydrogen (secondary N) is 3. The first kappa shape index (κ1) is 22.6. The third-order valence-corrected chi connectivity index (χ3v) is 6.27. The summed E-state index contributed by atoms with van der Waals surface area (Å²) in [6, 6.07) is 15.9. The smallest absolute Gasteiger partial charge is 0.265 e. The molecule has 0 amide bonds. The summed E-state index contributed by atoms with van der Waals surface area (Å²) >= 11 is 7.02. The van der Waals surface area contributed by atoms with Crippen LogP contribution in [0, 0.1) is 0 Å². The predicted octanol–water partition coefficient (Wildman–Crippen LogP) is 4.88. The van der Waals surface area contributed by atoms with E-state index in [4.69, 9.17) is 11.6 Å². The van der Waals surface area contributed by atoms with Gasteiger partial charge in [-0.05, 0) is 32.0 Å². The van der Waals surface area contributed by atoms with Gasteiger partial charge in [0, 0.05) is 35.6 Å². The first-order chi connectivity index (χ1) is 17.0. The molecule has 0 radical (unpaired) electrons. The van der Waals surface area contributed by atoms with Gasteiger partial charge in [-0.15, -0.1) is 0 Å². The van der Waals surface area contributed by atoms with Crippen molar-refractivity contribution in [2.24, 2.45) is 0 Å². The quantitative estimate of drug-likeness (QED) is 0.316. The number of pyridine rings is 2. The molecule has 0 saturated heterocycles. The fraction of sp³-hybridized carbons (Fsp3) is 0.154. The SMILES string of the molecule is CCNc1cccc2c(Cl)c([C@H](C)Nc3ncnc4[nH]ccc(=O)c34)n(-c3ccccc3)c(=O)c12. The first-order valence-corrected chi connectivity index (χ1v) is 11.6. The number of anilines is 2. The Morgan fingerprint density at radius 3 is 2.60 bits per heavy atom. The van der Waals surface area contributed by atoms with Gasteiger partial charge < -0.3 is 15.6 Å². The fourth-order valence-electron chi connectivity index (χ4n) is 4.37. The summed E-state index contributed by atoms with van der Waals surface area (Å²) < 4.78 is 1.62. The third kappa shape index (κ3) is 3.91. The summed E-state index contributed by atoms with van der Waals surface area (Å²) in [5, 5.41) is 8.50. The van der Waals surface area contributed by atoms with Crippen molar-refractivity contribution in [1.82, 2.24) is 19.5 Å². The van der Waals surface area contributed by atoms with Crippen LogP contribution in [0.4, 0.5) is 11.5 Å². The number of hydrogen-bond donors (Lipinski definition) is 3. The van der Waals surface area contributed by atoms with Crippen LogP contribution in [-0.2, 0) is 0 Å². The Hall–Kier alpha value is -4.17. The number of H-pyrrole nitrogens is 1. The van der Waals surface area contributed by atoms with Gasteiger partial charge in [0.15, 0.2) is 5.43 Å². The topological polar surface area (TPSA) is 105 Å². The minimum atomic E-state index is -0.486. The molecule has 0 aliphatic rings. The molecular weight excluding hydrogens is 464 g/mol. The molecule has 3 heterocycles. The Balaban J connectivity index is 1.77.